The van der Waals surface area contributed by atoms with Gasteiger partial charge in [0.05, 0.1) is 12.0 Å². The van der Waals surface area contributed by atoms with Crippen LogP contribution in [-0.4, -0.2) is 39.9 Å². The van der Waals surface area contributed by atoms with E-state index in [0.717, 1.165) is 16.9 Å². The van der Waals surface area contributed by atoms with Gasteiger partial charge in [-0.1, -0.05) is 29.8 Å². The Morgan fingerprint density at radius 3 is 2.75 bits per heavy atom. The fourth-order valence-electron chi connectivity index (χ4n) is 3.05. The first kappa shape index (κ1) is 19.9. The molecule has 1 aliphatic heterocycles. The Hall–Kier alpha value is -2.87. The highest BCUT2D eigenvalue weighted by Gasteiger charge is 2.31. The number of carbonyl (C=O) groups is 1. The molecule has 1 heterocycles. The summed E-state index contributed by atoms with van der Waals surface area (Å²) in [6, 6.07) is 11.7. The molecule has 28 heavy (non-hydrogen) atoms. The summed E-state index contributed by atoms with van der Waals surface area (Å²) >= 11 is 0. The number of nitrogens with zero attached hydrogens (tertiary/aromatic N) is 1. The highest BCUT2D eigenvalue weighted by Crippen LogP contribution is 2.22. The van der Waals surface area contributed by atoms with Crippen LogP contribution >= 0.6 is 0 Å². The Morgan fingerprint density at radius 1 is 1.25 bits per heavy atom. The summed E-state index contributed by atoms with van der Waals surface area (Å²) in [5, 5.41) is 2.84. The van der Waals surface area contributed by atoms with Crippen LogP contribution < -0.4 is 14.8 Å². The van der Waals surface area contributed by atoms with E-state index >= 15 is 0 Å². The van der Waals surface area contributed by atoms with E-state index in [0.29, 0.717) is 18.5 Å². The predicted molar refractivity (Wildman–Crippen MR) is 107 cm³/mol. The molecule has 0 saturated carbocycles. The molecule has 2 aromatic carbocycles. The van der Waals surface area contributed by atoms with Crippen molar-refractivity contribution >= 4 is 21.8 Å². The van der Waals surface area contributed by atoms with Gasteiger partial charge in [0.25, 0.3) is 10.0 Å². The van der Waals surface area contributed by atoms with Gasteiger partial charge in [0.15, 0.2) is 0 Å². The zero-order valence-corrected chi connectivity index (χ0v) is 16.8. The van der Waals surface area contributed by atoms with Gasteiger partial charge in [-0.2, -0.15) is 0 Å². The summed E-state index contributed by atoms with van der Waals surface area (Å²) in [5.74, 6) is 0.700. The number of benzene rings is 2. The largest absolute Gasteiger partial charge is 0.496 e. The molecule has 0 fully saturated rings. The minimum absolute atomic E-state index is 0.174. The number of hydrogen-bond acceptors (Lipinski definition) is 5. The Morgan fingerprint density at radius 2 is 2.00 bits per heavy atom. The van der Waals surface area contributed by atoms with Crippen molar-refractivity contribution in [3.8, 4) is 5.75 Å². The molecule has 3 rings (SSSR count). The fourth-order valence-corrected chi connectivity index (χ4v) is 4.29. The standard InChI is InChI=1S/C20H23N3O4S/c1-13-8-9-17(27-3)15(12-13)10-11-21-20(24)14(2)22-19-16-6-4-5-7-18(16)28(25,26)23-19/h4-9,12,14H,10-11H2,1-3H3,(H,21,24)(H,22,23). The first-order chi connectivity index (χ1) is 13.3. The zero-order valence-electron chi connectivity index (χ0n) is 16.0. The predicted octanol–water partition coefficient (Wildman–Crippen LogP) is 1.79. The van der Waals surface area contributed by atoms with Gasteiger partial charge in [0, 0.05) is 12.1 Å². The van der Waals surface area contributed by atoms with Crippen LogP contribution in [0.5, 0.6) is 5.75 Å². The van der Waals surface area contributed by atoms with Crippen molar-refractivity contribution in [3.63, 3.8) is 0 Å². The van der Waals surface area contributed by atoms with Gasteiger partial charge in [-0.25, -0.2) is 8.42 Å². The summed E-state index contributed by atoms with van der Waals surface area (Å²) < 4.78 is 32.0. The molecule has 8 heteroatoms. The molecule has 148 valence electrons. The van der Waals surface area contributed by atoms with Crippen LogP contribution in [0.25, 0.3) is 0 Å². The Balaban J connectivity index is 1.65. The molecule has 0 radical (unpaired) electrons. The first-order valence-electron chi connectivity index (χ1n) is 8.93. The maximum absolute atomic E-state index is 12.4. The Kier molecular flexibility index (Phi) is 5.69. The molecule has 7 nitrogen and oxygen atoms in total. The summed E-state index contributed by atoms with van der Waals surface area (Å²) in [4.78, 5) is 16.8. The third-order valence-corrected chi connectivity index (χ3v) is 5.89. The lowest BCUT2D eigenvalue weighted by Gasteiger charge is -2.12. The second-order valence-electron chi connectivity index (χ2n) is 6.61. The van der Waals surface area contributed by atoms with Gasteiger partial charge >= 0.3 is 0 Å². The number of hydrogen-bond donors (Lipinski definition) is 2. The van der Waals surface area contributed by atoms with Crippen molar-refractivity contribution in [2.45, 2.75) is 31.2 Å². The van der Waals surface area contributed by atoms with Gasteiger partial charge in [0.2, 0.25) is 5.91 Å². The third kappa shape index (κ3) is 4.17. The minimum Gasteiger partial charge on any atom is -0.496 e. The van der Waals surface area contributed by atoms with Crippen LogP contribution in [0.15, 0.2) is 52.4 Å². The maximum Gasteiger partial charge on any atom is 0.263 e. The average molecular weight is 401 g/mol. The number of aliphatic imine (C=N–C) groups is 1. The maximum atomic E-state index is 12.4. The normalized spacial score (nSPS) is 16.9. The number of nitrogens with one attached hydrogen (secondary N) is 2. The van der Waals surface area contributed by atoms with Crippen LogP contribution in [-0.2, 0) is 21.2 Å². The minimum atomic E-state index is -3.62. The second kappa shape index (κ2) is 8.02. The molecule has 2 aromatic rings. The number of rotatable bonds is 6. The number of fused-ring (bicyclic) bond motifs is 1. The number of aryl methyl sites for hydroxylation is 1. The van der Waals surface area contributed by atoms with E-state index in [4.69, 9.17) is 4.74 Å². The van der Waals surface area contributed by atoms with Gasteiger partial charge < -0.3 is 10.1 Å². The molecular weight excluding hydrogens is 378 g/mol. The monoisotopic (exact) mass is 401 g/mol. The lowest BCUT2D eigenvalue weighted by atomic mass is 10.1. The van der Waals surface area contributed by atoms with Crippen molar-refractivity contribution in [3.05, 3.63) is 59.2 Å². The fraction of sp³-hybridized carbons (Fsp3) is 0.300. The Bertz CT molecular complexity index is 1030. The third-order valence-electron chi connectivity index (χ3n) is 4.49. The van der Waals surface area contributed by atoms with E-state index in [-0.39, 0.29) is 16.6 Å². The highest BCUT2D eigenvalue weighted by molar-refractivity contribution is 7.90. The molecule has 1 unspecified atom stereocenters. The highest BCUT2D eigenvalue weighted by atomic mass is 32.2. The summed E-state index contributed by atoms with van der Waals surface area (Å²) in [7, 11) is -2.00. The number of ether oxygens (including phenoxy) is 1. The number of amidine groups is 1. The SMILES string of the molecule is COc1ccc(C)cc1CCNC(=O)C(C)N=C1NS(=O)(=O)c2ccccc21. The molecular formula is C20H23N3O4S. The van der Waals surface area contributed by atoms with E-state index in [1.807, 2.05) is 25.1 Å². The van der Waals surface area contributed by atoms with Crippen molar-refractivity contribution in [2.75, 3.05) is 13.7 Å². The van der Waals surface area contributed by atoms with Crippen LogP contribution in [0.2, 0.25) is 0 Å². The van der Waals surface area contributed by atoms with Crippen molar-refractivity contribution in [1.29, 1.82) is 0 Å². The second-order valence-corrected chi connectivity index (χ2v) is 8.26. The van der Waals surface area contributed by atoms with Gasteiger partial charge in [-0.05, 0) is 44.0 Å². The van der Waals surface area contributed by atoms with Gasteiger partial charge in [-0.3, -0.25) is 14.5 Å². The molecule has 0 bridgehead atoms. The van der Waals surface area contributed by atoms with Crippen LogP contribution in [0.4, 0.5) is 0 Å². The summed E-state index contributed by atoms with van der Waals surface area (Å²) in [6.07, 6.45) is 0.620. The van der Waals surface area contributed by atoms with E-state index < -0.39 is 16.1 Å². The molecule has 1 atom stereocenters. The lowest BCUT2D eigenvalue weighted by molar-refractivity contribution is -0.121. The van der Waals surface area contributed by atoms with Gasteiger partial charge in [0.1, 0.15) is 17.6 Å². The molecule has 2 N–H and O–H groups in total. The van der Waals surface area contributed by atoms with Gasteiger partial charge in [-0.15, -0.1) is 0 Å². The quantitative estimate of drug-likeness (QED) is 0.771. The molecule has 0 saturated heterocycles. The summed E-state index contributed by atoms with van der Waals surface area (Å²) in [5.41, 5.74) is 2.61. The van der Waals surface area contributed by atoms with Crippen molar-refractivity contribution in [1.82, 2.24) is 10.0 Å². The molecule has 0 aromatic heterocycles. The molecule has 1 amide bonds. The van der Waals surface area contributed by atoms with Crippen LogP contribution in [0.1, 0.15) is 23.6 Å². The first-order valence-corrected chi connectivity index (χ1v) is 10.4. The van der Waals surface area contributed by atoms with Crippen LogP contribution in [0.3, 0.4) is 0 Å². The number of amides is 1. The van der Waals surface area contributed by atoms with E-state index in [9.17, 15) is 13.2 Å². The van der Waals surface area contributed by atoms with E-state index in [1.54, 1.807) is 32.2 Å². The molecule has 1 aliphatic rings. The molecule has 0 aliphatic carbocycles. The topological polar surface area (TPSA) is 96.9 Å². The Labute approximate surface area is 164 Å². The number of sulfonamides is 1. The van der Waals surface area contributed by atoms with E-state index in [2.05, 4.69) is 15.0 Å². The zero-order chi connectivity index (χ0) is 20.3. The lowest BCUT2D eigenvalue weighted by Crippen LogP contribution is -2.35. The molecule has 0 spiro atoms. The summed E-state index contributed by atoms with van der Waals surface area (Å²) in [6.45, 7) is 4.06. The average Bonchev–Trinajstić information content (AvgIpc) is 2.92. The van der Waals surface area contributed by atoms with E-state index in [1.165, 1.54) is 6.07 Å². The van der Waals surface area contributed by atoms with Crippen molar-refractivity contribution in [2.24, 2.45) is 4.99 Å². The van der Waals surface area contributed by atoms with Crippen molar-refractivity contribution < 1.29 is 17.9 Å². The number of carbonyl (C=O) groups excluding carboxylic acids is 1. The van der Waals surface area contributed by atoms with Crippen LogP contribution in [0, 0.1) is 6.92 Å². The smallest absolute Gasteiger partial charge is 0.263 e. The number of methoxy groups -OCH3 is 1.